The molecular formula is C24H29FN2O5. The highest BCUT2D eigenvalue weighted by molar-refractivity contribution is 5.80. The van der Waals surface area contributed by atoms with Crippen LogP contribution in [0.3, 0.4) is 0 Å². The highest BCUT2D eigenvalue weighted by atomic mass is 19.1. The molecule has 8 heteroatoms. The maximum absolute atomic E-state index is 14.1. The summed E-state index contributed by atoms with van der Waals surface area (Å²) < 4.78 is 30.9. The quantitative estimate of drug-likeness (QED) is 0.567. The molecule has 1 fully saturated rings. The molecule has 0 saturated carbocycles. The Labute approximate surface area is 187 Å². The lowest BCUT2D eigenvalue weighted by molar-refractivity contribution is -0.160. The molecule has 172 valence electrons. The number of halogens is 1. The summed E-state index contributed by atoms with van der Waals surface area (Å²) in [6.45, 7) is 4.59. The Balaban J connectivity index is 1.63. The van der Waals surface area contributed by atoms with Crippen LogP contribution in [0.5, 0.6) is 11.5 Å². The molecule has 0 radical (unpaired) electrons. The van der Waals surface area contributed by atoms with Crippen LogP contribution >= 0.6 is 0 Å². The average Bonchev–Trinajstić information content (AvgIpc) is 3.09. The van der Waals surface area contributed by atoms with Crippen LogP contribution in [-0.2, 0) is 16.0 Å². The lowest BCUT2D eigenvalue weighted by atomic mass is 9.96. The summed E-state index contributed by atoms with van der Waals surface area (Å²) >= 11 is 0. The highest BCUT2D eigenvalue weighted by Gasteiger charge is 2.38. The van der Waals surface area contributed by atoms with E-state index in [4.69, 9.17) is 14.2 Å². The van der Waals surface area contributed by atoms with Crippen molar-refractivity contribution in [2.75, 3.05) is 26.8 Å². The van der Waals surface area contributed by atoms with Crippen molar-refractivity contribution in [3.05, 3.63) is 59.9 Å². The number of esters is 1. The van der Waals surface area contributed by atoms with Gasteiger partial charge in [0.05, 0.1) is 19.3 Å². The molecule has 1 saturated heterocycles. The van der Waals surface area contributed by atoms with Gasteiger partial charge in [0.25, 0.3) is 0 Å². The molecule has 3 rings (SSSR count). The summed E-state index contributed by atoms with van der Waals surface area (Å²) in [5.74, 6) is -0.432. The van der Waals surface area contributed by atoms with Gasteiger partial charge in [0, 0.05) is 26.4 Å². The summed E-state index contributed by atoms with van der Waals surface area (Å²) in [4.78, 5) is 25.8. The number of carbonyl (C=O) groups is 2. The summed E-state index contributed by atoms with van der Waals surface area (Å²) in [7, 11) is 1.77. The molecule has 1 N–H and O–H groups in total. The van der Waals surface area contributed by atoms with Gasteiger partial charge in [-0.05, 0) is 43.7 Å². The van der Waals surface area contributed by atoms with E-state index in [9.17, 15) is 14.0 Å². The normalized spacial score (nSPS) is 17.4. The van der Waals surface area contributed by atoms with Crippen LogP contribution in [0.25, 0.3) is 0 Å². The predicted octanol–water partition coefficient (Wildman–Crippen LogP) is 3.56. The van der Waals surface area contributed by atoms with E-state index in [2.05, 4.69) is 5.32 Å². The van der Waals surface area contributed by atoms with Gasteiger partial charge in [-0.15, -0.1) is 0 Å². The first-order valence-corrected chi connectivity index (χ1v) is 10.7. The van der Waals surface area contributed by atoms with Crippen molar-refractivity contribution >= 4 is 12.0 Å². The van der Waals surface area contributed by atoms with E-state index in [-0.39, 0.29) is 30.9 Å². The van der Waals surface area contributed by atoms with Gasteiger partial charge < -0.3 is 24.4 Å². The number of urea groups is 1. The average molecular weight is 445 g/mol. The minimum absolute atomic E-state index is 0.00661. The monoisotopic (exact) mass is 444 g/mol. The Morgan fingerprint density at radius 3 is 2.56 bits per heavy atom. The Bertz CT molecular complexity index is 936. The van der Waals surface area contributed by atoms with Crippen LogP contribution in [-0.4, -0.2) is 55.3 Å². The third kappa shape index (κ3) is 5.69. The first-order chi connectivity index (χ1) is 15.3. The van der Waals surface area contributed by atoms with Crippen LogP contribution in [0.2, 0.25) is 0 Å². The number of ether oxygens (including phenoxy) is 3. The Hall–Kier alpha value is -3.29. The van der Waals surface area contributed by atoms with Gasteiger partial charge in [-0.25, -0.2) is 14.0 Å². The van der Waals surface area contributed by atoms with Gasteiger partial charge in [-0.1, -0.05) is 24.3 Å². The fourth-order valence-electron chi connectivity index (χ4n) is 3.54. The van der Waals surface area contributed by atoms with Crippen LogP contribution in [0, 0.1) is 5.82 Å². The number of para-hydroxylation sites is 1. The van der Waals surface area contributed by atoms with E-state index >= 15 is 0 Å². The molecule has 2 atom stereocenters. The van der Waals surface area contributed by atoms with Crippen molar-refractivity contribution in [2.24, 2.45) is 0 Å². The molecule has 2 unspecified atom stereocenters. The molecule has 2 aromatic carbocycles. The standard InChI is InChI=1S/C24H29FN2O5/c1-4-30-22(28)24(2,32-21-8-6-5-7-20(21)25)15-17-9-11-19(12-10-17)31-14-13-18-16-26-23(29)27(18)3/h5-12,18H,4,13-16H2,1-3H3,(H,26,29). The topological polar surface area (TPSA) is 77.1 Å². The first-order valence-electron chi connectivity index (χ1n) is 10.7. The molecular weight excluding hydrogens is 415 g/mol. The van der Waals surface area contributed by atoms with Crippen LogP contribution < -0.4 is 14.8 Å². The smallest absolute Gasteiger partial charge is 0.350 e. The zero-order chi connectivity index (χ0) is 23.1. The molecule has 1 heterocycles. The number of likely N-dealkylation sites (N-methyl/N-ethyl adjacent to an activating group) is 1. The number of benzene rings is 2. The minimum atomic E-state index is -1.40. The second-order valence-electron chi connectivity index (χ2n) is 7.89. The zero-order valence-corrected chi connectivity index (χ0v) is 18.6. The van der Waals surface area contributed by atoms with E-state index < -0.39 is 17.4 Å². The Morgan fingerprint density at radius 1 is 1.22 bits per heavy atom. The van der Waals surface area contributed by atoms with Crippen molar-refractivity contribution in [1.82, 2.24) is 10.2 Å². The Morgan fingerprint density at radius 2 is 1.94 bits per heavy atom. The SMILES string of the molecule is CCOC(=O)C(C)(Cc1ccc(OCCC2CNC(=O)N2C)cc1)Oc1ccccc1F. The molecule has 1 aliphatic heterocycles. The van der Waals surface area contributed by atoms with E-state index in [1.54, 1.807) is 37.9 Å². The highest BCUT2D eigenvalue weighted by Crippen LogP contribution is 2.27. The lowest BCUT2D eigenvalue weighted by Gasteiger charge is -2.28. The molecule has 2 amide bonds. The van der Waals surface area contributed by atoms with Crippen molar-refractivity contribution in [1.29, 1.82) is 0 Å². The summed E-state index contributed by atoms with van der Waals surface area (Å²) in [5.41, 5.74) is -0.581. The summed E-state index contributed by atoms with van der Waals surface area (Å²) in [6.07, 6.45) is 0.912. The molecule has 0 aliphatic carbocycles. The van der Waals surface area contributed by atoms with E-state index in [0.29, 0.717) is 25.3 Å². The maximum atomic E-state index is 14.1. The van der Waals surface area contributed by atoms with Crippen molar-refractivity contribution < 1.29 is 28.2 Å². The summed E-state index contributed by atoms with van der Waals surface area (Å²) in [6, 6.07) is 13.3. The largest absolute Gasteiger partial charge is 0.494 e. The van der Waals surface area contributed by atoms with Crippen molar-refractivity contribution in [2.45, 2.75) is 38.3 Å². The van der Waals surface area contributed by atoms with Crippen LogP contribution in [0.4, 0.5) is 9.18 Å². The molecule has 7 nitrogen and oxygen atoms in total. The lowest BCUT2D eigenvalue weighted by Crippen LogP contribution is -2.45. The molecule has 0 spiro atoms. The van der Waals surface area contributed by atoms with Gasteiger partial charge in [0.2, 0.25) is 5.60 Å². The van der Waals surface area contributed by atoms with E-state index in [1.807, 2.05) is 24.3 Å². The fraction of sp³-hybridized carbons (Fsp3) is 0.417. The minimum Gasteiger partial charge on any atom is -0.494 e. The number of nitrogens with zero attached hydrogens (tertiary/aromatic N) is 1. The number of amides is 2. The third-order valence-corrected chi connectivity index (χ3v) is 5.42. The maximum Gasteiger partial charge on any atom is 0.350 e. The molecule has 1 aliphatic rings. The van der Waals surface area contributed by atoms with Gasteiger partial charge in [-0.3, -0.25) is 0 Å². The number of hydrogen-bond donors (Lipinski definition) is 1. The third-order valence-electron chi connectivity index (χ3n) is 5.42. The van der Waals surface area contributed by atoms with Gasteiger partial charge in [0.15, 0.2) is 11.6 Å². The van der Waals surface area contributed by atoms with E-state index in [0.717, 1.165) is 5.56 Å². The predicted molar refractivity (Wildman–Crippen MR) is 117 cm³/mol. The number of carbonyl (C=O) groups excluding carboxylic acids is 2. The molecule has 0 aromatic heterocycles. The van der Waals surface area contributed by atoms with Gasteiger partial charge in [0.1, 0.15) is 5.75 Å². The number of nitrogens with one attached hydrogen (secondary N) is 1. The van der Waals surface area contributed by atoms with Crippen molar-refractivity contribution in [3.63, 3.8) is 0 Å². The number of hydrogen-bond acceptors (Lipinski definition) is 5. The first kappa shape index (κ1) is 23.4. The molecule has 32 heavy (non-hydrogen) atoms. The Kier molecular flexibility index (Phi) is 7.56. The summed E-state index contributed by atoms with van der Waals surface area (Å²) in [5, 5.41) is 2.79. The van der Waals surface area contributed by atoms with Crippen LogP contribution in [0.1, 0.15) is 25.8 Å². The second-order valence-corrected chi connectivity index (χ2v) is 7.89. The molecule has 2 aromatic rings. The second kappa shape index (κ2) is 10.3. The number of rotatable bonds is 10. The fourth-order valence-corrected chi connectivity index (χ4v) is 3.54. The van der Waals surface area contributed by atoms with Crippen LogP contribution in [0.15, 0.2) is 48.5 Å². The van der Waals surface area contributed by atoms with Crippen molar-refractivity contribution in [3.8, 4) is 11.5 Å². The molecule has 0 bridgehead atoms. The van der Waals surface area contributed by atoms with Gasteiger partial charge >= 0.3 is 12.0 Å². The van der Waals surface area contributed by atoms with E-state index in [1.165, 1.54) is 12.1 Å². The zero-order valence-electron chi connectivity index (χ0n) is 18.6. The van der Waals surface area contributed by atoms with Gasteiger partial charge in [-0.2, -0.15) is 0 Å².